The van der Waals surface area contributed by atoms with E-state index in [1.807, 2.05) is 6.07 Å². The molecule has 94 valence electrons. The summed E-state index contributed by atoms with van der Waals surface area (Å²) in [5.74, 6) is 0.863. The molecule has 1 aliphatic rings. The van der Waals surface area contributed by atoms with Crippen molar-refractivity contribution in [3.05, 3.63) is 29.3 Å². The van der Waals surface area contributed by atoms with Crippen LogP contribution in [0.4, 0.5) is 0 Å². The zero-order valence-electron chi connectivity index (χ0n) is 10.6. The van der Waals surface area contributed by atoms with Crippen molar-refractivity contribution in [2.24, 2.45) is 0 Å². The summed E-state index contributed by atoms with van der Waals surface area (Å²) >= 11 is 0. The van der Waals surface area contributed by atoms with Gasteiger partial charge in [-0.1, -0.05) is 13.0 Å². The van der Waals surface area contributed by atoms with E-state index in [1.54, 1.807) is 6.92 Å². The van der Waals surface area contributed by atoms with Crippen molar-refractivity contribution in [2.75, 3.05) is 13.2 Å². The molecule has 0 amide bonds. The largest absolute Gasteiger partial charge is 0.491 e. The molecule has 1 aliphatic carbocycles. The third kappa shape index (κ3) is 2.99. The molecule has 2 unspecified atom stereocenters. The van der Waals surface area contributed by atoms with Crippen LogP contribution in [0.25, 0.3) is 0 Å². The van der Waals surface area contributed by atoms with E-state index in [9.17, 15) is 5.11 Å². The number of aliphatic hydroxyl groups is 1. The summed E-state index contributed by atoms with van der Waals surface area (Å²) in [5.41, 5.74) is 2.77. The number of ether oxygens (including phenoxy) is 1. The predicted octanol–water partition coefficient (Wildman–Crippen LogP) is 2.04. The van der Waals surface area contributed by atoms with Gasteiger partial charge in [0, 0.05) is 6.04 Å². The van der Waals surface area contributed by atoms with E-state index in [1.165, 1.54) is 17.5 Å². The van der Waals surface area contributed by atoms with Crippen LogP contribution in [0.15, 0.2) is 18.2 Å². The SMILES string of the molecule is CCNC1CCc2cc(OCC(C)O)ccc21. The lowest BCUT2D eigenvalue weighted by molar-refractivity contribution is 0.122. The number of nitrogens with one attached hydrogen (secondary N) is 1. The highest BCUT2D eigenvalue weighted by Crippen LogP contribution is 2.33. The molecule has 0 saturated carbocycles. The van der Waals surface area contributed by atoms with Crippen LogP contribution in [-0.4, -0.2) is 24.4 Å². The smallest absolute Gasteiger partial charge is 0.119 e. The fourth-order valence-electron chi connectivity index (χ4n) is 2.36. The number of aliphatic hydroxyl groups excluding tert-OH is 1. The monoisotopic (exact) mass is 235 g/mol. The Morgan fingerprint density at radius 2 is 2.35 bits per heavy atom. The lowest BCUT2D eigenvalue weighted by atomic mass is 10.1. The topological polar surface area (TPSA) is 41.5 Å². The zero-order chi connectivity index (χ0) is 12.3. The van der Waals surface area contributed by atoms with Gasteiger partial charge in [-0.15, -0.1) is 0 Å². The molecule has 0 radical (unpaired) electrons. The quantitative estimate of drug-likeness (QED) is 0.820. The third-order valence-corrected chi connectivity index (χ3v) is 3.13. The first-order chi connectivity index (χ1) is 8.20. The lowest BCUT2D eigenvalue weighted by Gasteiger charge is -2.13. The van der Waals surface area contributed by atoms with Crippen LogP contribution in [0.3, 0.4) is 0 Å². The van der Waals surface area contributed by atoms with Gasteiger partial charge in [0.25, 0.3) is 0 Å². The number of rotatable bonds is 5. The van der Waals surface area contributed by atoms with Gasteiger partial charge in [0.1, 0.15) is 12.4 Å². The lowest BCUT2D eigenvalue weighted by Crippen LogP contribution is -2.18. The van der Waals surface area contributed by atoms with Crippen molar-refractivity contribution in [3.8, 4) is 5.75 Å². The molecule has 0 fully saturated rings. The van der Waals surface area contributed by atoms with Crippen LogP contribution >= 0.6 is 0 Å². The van der Waals surface area contributed by atoms with Crippen LogP contribution in [-0.2, 0) is 6.42 Å². The van der Waals surface area contributed by atoms with Crippen molar-refractivity contribution in [3.63, 3.8) is 0 Å². The fraction of sp³-hybridized carbons (Fsp3) is 0.571. The minimum absolute atomic E-state index is 0.357. The Morgan fingerprint density at radius 3 is 3.06 bits per heavy atom. The van der Waals surface area contributed by atoms with E-state index in [4.69, 9.17) is 4.74 Å². The highest BCUT2D eigenvalue weighted by Gasteiger charge is 2.21. The summed E-state index contributed by atoms with van der Waals surface area (Å²) in [6.07, 6.45) is 1.86. The fourth-order valence-corrected chi connectivity index (χ4v) is 2.36. The molecule has 0 aromatic heterocycles. The van der Waals surface area contributed by atoms with Gasteiger partial charge >= 0.3 is 0 Å². The second kappa shape index (κ2) is 5.52. The van der Waals surface area contributed by atoms with E-state index >= 15 is 0 Å². The zero-order valence-corrected chi connectivity index (χ0v) is 10.6. The molecule has 3 heteroatoms. The van der Waals surface area contributed by atoms with Gasteiger partial charge in [-0.3, -0.25) is 0 Å². The number of hydrogen-bond acceptors (Lipinski definition) is 3. The van der Waals surface area contributed by atoms with Crippen molar-refractivity contribution >= 4 is 0 Å². The highest BCUT2D eigenvalue weighted by molar-refractivity contribution is 5.40. The molecule has 2 atom stereocenters. The van der Waals surface area contributed by atoms with Gasteiger partial charge in [0.05, 0.1) is 6.10 Å². The molecule has 1 aromatic carbocycles. The Bertz CT molecular complexity index is 376. The highest BCUT2D eigenvalue weighted by atomic mass is 16.5. The second-order valence-electron chi connectivity index (χ2n) is 4.67. The maximum absolute atomic E-state index is 9.18. The second-order valence-corrected chi connectivity index (χ2v) is 4.67. The van der Waals surface area contributed by atoms with Gasteiger partial charge in [0.2, 0.25) is 0 Å². The summed E-state index contributed by atoms with van der Waals surface area (Å²) in [4.78, 5) is 0. The van der Waals surface area contributed by atoms with Gasteiger partial charge in [-0.25, -0.2) is 0 Å². The van der Waals surface area contributed by atoms with Crippen molar-refractivity contribution in [1.82, 2.24) is 5.32 Å². The maximum Gasteiger partial charge on any atom is 0.119 e. The van der Waals surface area contributed by atoms with E-state index in [0.29, 0.717) is 12.6 Å². The van der Waals surface area contributed by atoms with E-state index in [0.717, 1.165) is 18.7 Å². The number of benzene rings is 1. The Labute approximate surface area is 103 Å². The number of aryl methyl sites for hydroxylation is 1. The standard InChI is InChI=1S/C14H21NO2/c1-3-15-14-7-4-11-8-12(5-6-13(11)14)17-9-10(2)16/h5-6,8,10,14-16H,3-4,7,9H2,1-2H3. The summed E-state index contributed by atoms with van der Waals surface area (Å²) in [6, 6.07) is 6.75. The Balaban J connectivity index is 2.06. The minimum Gasteiger partial charge on any atom is -0.491 e. The maximum atomic E-state index is 9.18. The van der Waals surface area contributed by atoms with Gasteiger partial charge in [-0.2, -0.15) is 0 Å². The summed E-state index contributed by atoms with van der Waals surface area (Å²) < 4.78 is 5.52. The van der Waals surface area contributed by atoms with E-state index in [2.05, 4.69) is 24.4 Å². The molecule has 0 spiro atoms. The molecule has 3 nitrogen and oxygen atoms in total. The van der Waals surface area contributed by atoms with Gasteiger partial charge in [0.15, 0.2) is 0 Å². The molecular formula is C14H21NO2. The van der Waals surface area contributed by atoms with Gasteiger partial charge < -0.3 is 15.2 Å². The average molecular weight is 235 g/mol. The number of fused-ring (bicyclic) bond motifs is 1. The Hall–Kier alpha value is -1.06. The molecule has 0 bridgehead atoms. The molecule has 2 rings (SSSR count). The van der Waals surface area contributed by atoms with Crippen LogP contribution in [0, 0.1) is 0 Å². The molecule has 0 aliphatic heterocycles. The average Bonchev–Trinajstić information content (AvgIpc) is 2.70. The first-order valence-corrected chi connectivity index (χ1v) is 6.37. The Morgan fingerprint density at radius 1 is 1.53 bits per heavy atom. The van der Waals surface area contributed by atoms with Crippen LogP contribution in [0.1, 0.15) is 37.4 Å². The van der Waals surface area contributed by atoms with Crippen LogP contribution in [0.5, 0.6) is 5.75 Å². The summed E-state index contributed by atoms with van der Waals surface area (Å²) in [5, 5.41) is 12.7. The predicted molar refractivity (Wildman–Crippen MR) is 68.4 cm³/mol. The number of hydrogen-bond donors (Lipinski definition) is 2. The third-order valence-electron chi connectivity index (χ3n) is 3.13. The molecule has 0 heterocycles. The van der Waals surface area contributed by atoms with Crippen LogP contribution < -0.4 is 10.1 Å². The summed E-state index contributed by atoms with van der Waals surface area (Å²) in [7, 11) is 0. The van der Waals surface area contributed by atoms with E-state index < -0.39 is 6.10 Å². The molecule has 17 heavy (non-hydrogen) atoms. The van der Waals surface area contributed by atoms with Crippen molar-refractivity contribution in [2.45, 2.75) is 38.8 Å². The molecule has 1 aromatic rings. The molecular weight excluding hydrogens is 214 g/mol. The normalized spacial score (nSPS) is 20.1. The van der Waals surface area contributed by atoms with Crippen LogP contribution in [0.2, 0.25) is 0 Å². The molecule has 2 N–H and O–H groups in total. The van der Waals surface area contributed by atoms with E-state index in [-0.39, 0.29) is 0 Å². The molecule has 0 saturated heterocycles. The Kier molecular flexibility index (Phi) is 4.02. The summed E-state index contributed by atoms with van der Waals surface area (Å²) in [6.45, 7) is 5.23. The van der Waals surface area contributed by atoms with Gasteiger partial charge in [-0.05, 0) is 49.6 Å². The van der Waals surface area contributed by atoms with Crippen molar-refractivity contribution in [1.29, 1.82) is 0 Å². The first kappa shape index (κ1) is 12.4. The minimum atomic E-state index is -0.419. The van der Waals surface area contributed by atoms with Crippen molar-refractivity contribution < 1.29 is 9.84 Å². The first-order valence-electron chi connectivity index (χ1n) is 6.37.